The van der Waals surface area contributed by atoms with Crippen molar-refractivity contribution in [3.63, 3.8) is 0 Å². The lowest BCUT2D eigenvalue weighted by Crippen LogP contribution is -2.28. The molecule has 0 aliphatic heterocycles. The van der Waals surface area contributed by atoms with Gasteiger partial charge in [-0.3, -0.25) is 4.79 Å². The van der Waals surface area contributed by atoms with Crippen LogP contribution in [0.2, 0.25) is 0 Å². The third-order valence-electron chi connectivity index (χ3n) is 2.77. The molecule has 1 unspecified atom stereocenters. The Hall–Kier alpha value is -1.48. The number of hydrogen-bond donors (Lipinski definition) is 0. The lowest BCUT2D eigenvalue weighted by molar-refractivity contribution is -0.153. The molecule has 0 bridgehead atoms. The zero-order valence-electron chi connectivity index (χ0n) is 12.3. The Kier molecular flexibility index (Phi) is 4.39. The first-order valence-electron chi connectivity index (χ1n) is 6.73. The largest absolute Gasteiger partial charge is 0.459 e. The molecule has 0 fully saturated rings. The van der Waals surface area contributed by atoms with Gasteiger partial charge in [-0.1, -0.05) is 30.3 Å². The summed E-state index contributed by atoms with van der Waals surface area (Å²) < 4.78 is 5.40. The van der Waals surface area contributed by atoms with E-state index < -0.39 is 5.60 Å². The molecule has 0 aromatic heterocycles. The molecule has 3 heteroatoms. The minimum absolute atomic E-state index is 0.171. The Morgan fingerprint density at radius 1 is 1.10 bits per heavy atom. The predicted octanol–water partition coefficient (Wildman–Crippen LogP) is 4.66. The first-order valence-corrected chi connectivity index (χ1v) is 7.61. The van der Waals surface area contributed by atoms with E-state index in [2.05, 4.69) is 24.3 Å². The van der Waals surface area contributed by atoms with E-state index in [-0.39, 0.29) is 11.2 Å². The molecule has 0 spiro atoms. The van der Waals surface area contributed by atoms with Gasteiger partial charge in [0.2, 0.25) is 0 Å². The van der Waals surface area contributed by atoms with E-state index in [1.54, 1.807) is 0 Å². The average Bonchev–Trinajstić information content (AvgIpc) is 2.36. The van der Waals surface area contributed by atoms with Gasteiger partial charge in [0.05, 0.1) is 0 Å². The van der Waals surface area contributed by atoms with Gasteiger partial charge >= 0.3 is 5.97 Å². The summed E-state index contributed by atoms with van der Waals surface area (Å²) in [4.78, 5) is 13.1. The number of esters is 1. The van der Waals surface area contributed by atoms with Crippen molar-refractivity contribution in [2.24, 2.45) is 0 Å². The predicted molar refractivity (Wildman–Crippen MR) is 85.1 cm³/mol. The van der Waals surface area contributed by atoms with Crippen LogP contribution in [0.15, 0.2) is 47.4 Å². The van der Waals surface area contributed by atoms with Gasteiger partial charge in [0.1, 0.15) is 10.9 Å². The van der Waals surface area contributed by atoms with Crippen molar-refractivity contribution in [3.8, 4) is 0 Å². The summed E-state index contributed by atoms with van der Waals surface area (Å²) in [6.45, 7) is 7.54. The zero-order chi connectivity index (χ0) is 14.8. The highest BCUT2D eigenvalue weighted by Crippen LogP contribution is 2.28. The van der Waals surface area contributed by atoms with Crippen LogP contribution in [-0.2, 0) is 9.53 Å². The van der Waals surface area contributed by atoms with Crippen LogP contribution in [-0.4, -0.2) is 16.8 Å². The number of carbonyl (C=O) groups excluding carboxylic acids is 1. The summed E-state index contributed by atoms with van der Waals surface area (Å²) in [5.41, 5.74) is -0.435. The molecule has 20 heavy (non-hydrogen) atoms. The van der Waals surface area contributed by atoms with Crippen LogP contribution in [0, 0.1) is 0 Å². The highest BCUT2D eigenvalue weighted by Gasteiger charge is 2.22. The molecule has 2 aromatic rings. The normalized spacial score (nSPS) is 13.2. The number of carbonyl (C=O) groups is 1. The highest BCUT2D eigenvalue weighted by atomic mass is 32.2. The molecule has 106 valence electrons. The second-order valence-corrected chi connectivity index (χ2v) is 7.22. The van der Waals surface area contributed by atoms with E-state index in [9.17, 15) is 4.79 Å². The lowest BCUT2D eigenvalue weighted by Gasteiger charge is -2.22. The molecule has 0 saturated heterocycles. The van der Waals surface area contributed by atoms with Crippen LogP contribution in [0.25, 0.3) is 10.8 Å². The smallest absolute Gasteiger partial charge is 0.319 e. The van der Waals surface area contributed by atoms with Gasteiger partial charge in [-0.05, 0) is 50.6 Å². The van der Waals surface area contributed by atoms with Crippen LogP contribution in [0.1, 0.15) is 27.7 Å². The fraction of sp³-hybridized carbons (Fsp3) is 0.353. The summed E-state index contributed by atoms with van der Waals surface area (Å²) in [5.74, 6) is -0.171. The Bertz CT molecular complexity index is 614. The van der Waals surface area contributed by atoms with Gasteiger partial charge in [-0.2, -0.15) is 0 Å². The maximum Gasteiger partial charge on any atom is 0.319 e. The van der Waals surface area contributed by atoms with Crippen molar-refractivity contribution in [2.45, 2.75) is 43.4 Å². The first kappa shape index (κ1) is 14.9. The van der Waals surface area contributed by atoms with E-state index in [1.165, 1.54) is 22.5 Å². The molecular weight excluding hydrogens is 268 g/mol. The van der Waals surface area contributed by atoms with Gasteiger partial charge in [0.15, 0.2) is 0 Å². The van der Waals surface area contributed by atoms with Gasteiger partial charge in [-0.25, -0.2) is 0 Å². The van der Waals surface area contributed by atoms with E-state index >= 15 is 0 Å². The minimum Gasteiger partial charge on any atom is -0.459 e. The number of hydrogen-bond acceptors (Lipinski definition) is 3. The molecule has 2 rings (SSSR count). The molecule has 2 nitrogen and oxygen atoms in total. The van der Waals surface area contributed by atoms with E-state index in [4.69, 9.17) is 4.74 Å². The quantitative estimate of drug-likeness (QED) is 0.607. The maximum absolute atomic E-state index is 12.0. The Morgan fingerprint density at radius 3 is 2.40 bits per heavy atom. The summed E-state index contributed by atoms with van der Waals surface area (Å²) in [6, 6.07) is 14.5. The third-order valence-corrected chi connectivity index (χ3v) is 3.84. The molecule has 0 N–H and O–H groups in total. The van der Waals surface area contributed by atoms with Crippen molar-refractivity contribution in [1.29, 1.82) is 0 Å². The van der Waals surface area contributed by atoms with Crippen LogP contribution in [0.4, 0.5) is 0 Å². The summed E-state index contributed by atoms with van der Waals surface area (Å²) in [5, 5.41) is 2.19. The summed E-state index contributed by atoms with van der Waals surface area (Å²) in [7, 11) is 0. The molecular formula is C17H20O2S. The Labute approximate surface area is 124 Å². The van der Waals surface area contributed by atoms with E-state index in [0.717, 1.165) is 4.90 Å². The SMILES string of the molecule is CC(Sc1ccc2ccccc2c1)C(=O)OC(C)(C)C. The van der Waals surface area contributed by atoms with Crippen molar-refractivity contribution in [1.82, 2.24) is 0 Å². The topological polar surface area (TPSA) is 26.3 Å². The van der Waals surface area contributed by atoms with Crippen molar-refractivity contribution >= 4 is 28.5 Å². The lowest BCUT2D eigenvalue weighted by atomic mass is 10.1. The van der Waals surface area contributed by atoms with Gasteiger partial charge in [0, 0.05) is 4.90 Å². The zero-order valence-corrected chi connectivity index (χ0v) is 13.2. The van der Waals surface area contributed by atoms with Crippen LogP contribution >= 0.6 is 11.8 Å². The Morgan fingerprint density at radius 2 is 1.75 bits per heavy atom. The fourth-order valence-electron chi connectivity index (χ4n) is 1.88. The van der Waals surface area contributed by atoms with Gasteiger partial charge in [-0.15, -0.1) is 11.8 Å². The molecule has 2 aromatic carbocycles. The summed E-state index contributed by atoms with van der Waals surface area (Å²) >= 11 is 1.53. The van der Waals surface area contributed by atoms with Gasteiger partial charge < -0.3 is 4.74 Å². The van der Waals surface area contributed by atoms with E-state index in [1.807, 2.05) is 45.9 Å². The Balaban J connectivity index is 2.09. The highest BCUT2D eigenvalue weighted by molar-refractivity contribution is 8.00. The van der Waals surface area contributed by atoms with Crippen molar-refractivity contribution in [3.05, 3.63) is 42.5 Å². The molecule has 0 amide bonds. The molecule has 0 aliphatic carbocycles. The second kappa shape index (κ2) is 5.88. The molecule has 0 saturated carbocycles. The molecule has 0 heterocycles. The second-order valence-electron chi connectivity index (χ2n) is 5.80. The number of fused-ring (bicyclic) bond motifs is 1. The van der Waals surface area contributed by atoms with Crippen LogP contribution in [0.3, 0.4) is 0 Å². The van der Waals surface area contributed by atoms with E-state index in [0.29, 0.717) is 0 Å². The number of ether oxygens (including phenoxy) is 1. The maximum atomic E-state index is 12.0. The van der Waals surface area contributed by atoms with Crippen LogP contribution < -0.4 is 0 Å². The monoisotopic (exact) mass is 288 g/mol. The fourth-order valence-corrected chi connectivity index (χ4v) is 2.77. The minimum atomic E-state index is -0.435. The molecule has 1 atom stereocenters. The van der Waals surface area contributed by atoms with Gasteiger partial charge in [0.25, 0.3) is 0 Å². The van der Waals surface area contributed by atoms with Crippen molar-refractivity contribution < 1.29 is 9.53 Å². The first-order chi connectivity index (χ1) is 9.35. The number of benzene rings is 2. The standard InChI is InChI=1S/C17H20O2S/c1-12(16(18)19-17(2,3)4)20-15-10-9-13-7-5-6-8-14(13)11-15/h5-12H,1-4H3. The molecule has 0 aliphatic rings. The van der Waals surface area contributed by atoms with Crippen LogP contribution in [0.5, 0.6) is 0 Å². The molecule has 0 radical (unpaired) electrons. The summed E-state index contributed by atoms with van der Waals surface area (Å²) in [6.07, 6.45) is 0. The number of thioether (sulfide) groups is 1. The average molecular weight is 288 g/mol. The number of rotatable bonds is 3. The van der Waals surface area contributed by atoms with Crippen molar-refractivity contribution in [2.75, 3.05) is 0 Å². The third kappa shape index (κ3) is 4.01.